The molecule has 1 saturated heterocycles. The Morgan fingerprint density at radius 3 is 3.13 bits per heavy atom. The number of hydrogen-bond acceptors (Lipinski definition) is 2. The summed E-state index contributed by atoms with van der Waals surface area (Å²) in [5, 5.41) is 1.19. The number of nitrogens with zero attached hydrogens (tertiary/aromatic N) is 1. The molecule has 72 valence electrons. The Kier molecular flexibility index (Phi) is 1.25. The molecule has 2 aromatic rings. The first-order valence-corrected chi connectivity index (χ1v) is 5.15. The van der Waals surface area contributed by atoms with Crippen molar-refractivity contribution in [2.75, 3.05) is 0 Å². The first-order chi connectivity index (χ1) is 7.42. The van der Waals surface area contributed by atoms with Crippen LogP contribution in [0.4, 0.5) is 0 Å². The summed E-state index contributed by atoms with van der Waals surface area (Å²) in [6.45, 7) is 0. The summed E-state index contributed by atoms with van der Waals surface area (Å²) >= 11 is 0. The summed E-state index contributed by atoms with van der Waals surface area (Å²) in [4.78, 5) is 4.66. The van der Waals surface area contributed by atoms with Crippen LogP contribution in [0.2, 0.25) is 0 Å². The summed E-state index contributed by atoms with van der Waals surface area (Å²) in [5.74, 6) is 0. The zero-order chi connectivity index (χ0) is 9.83. The Hall–Kier alpha value is -1.67. The second kappa shape index (κ2) is 2.47. The predicted molar refractivity (Wildman–Crippen MR) is 58.4 cm³/mol. The van der Waals surface area contributed by atoms with E-state index in [9.17, 15) is 0 Å². The lowest BCUT2D eigenvalue weighted by atomic mass is 10.0. The van der Waals surface area contributed by atoms with Crippen molar-refractivity contribution in [1.29, 1.82) is 0 Å². The lowest BCUT2D eigenvalue weighted by Crippen LogP contribution is -1.98. The number of benzene rings is 1. The number of hydrogen-bond donors (Lipinski definition) is 0. The molecule has 1 fully saturated rings. The predicted octanol–water partition coefficient (Wildman–Crippen LogP) is 2.70. The van der Waals surface area contributed by atoms with Gasteiger partial charge in [-0.3, -0.25) is 0 Å². The average Bonchev–Trinajstić information content (AvgIpc) is 3.06. The van der Waals surface area contributed by atoms with Crippen molar-refractivity contribution in [3.63, 3.8) is 0 Å². The van der Waals surface area contributed by atoms with E-state index < -0.39 is 0 Å². The lowest BCUT2D eigenvalue weighted by molar-refractivity contribution is 0.392. The van der Waals surface area contributed by atoms with Crippen molar-refractivity contribution < 1.29 is 4.74 Å². The minimum Gasteiger partial charge on any atom is -0.358 e. The molecule has 15 heavy (non-hydrogen) atoms. The van der Waals surface area contributed by atoms with E-state index in [-0.39, 0.29) is 12.2 Å². The third-order valence-electron chi connectivity index (χ3n) is 3.04. The topological polar surface area (TPSA) is 25.4 Å². The molecule has 0 radical (unpaired) electrons. The summed E-state index contributed by atoms with van der Waals surface area (Å²) < 4.78 is 5.50. The molecule has 2 heteroatoms. The Labute approximate surface area is 87.2 Å². The van der Waals surface area contributed by atoms with E-state index in [2.05, 4.69) is 29.3 Å². The molecule has 0 bridgehead atoms. The van der Waals surface area contributed by atoms with Gasteiger partial charge in [0.1, 0.15) is 12.2 Å². The van der Waals surface area contributed by atoms with Gasteiger partial charge in [0.15, 0.2) is 0 Å². The highest BCUT2D eigenvalue weighted by Gasteiger charge is 2.42. The molecule has 1 aliphatic heterocycles. The molecule has 1 aromatic carbocycles. The highest BCUT2D eigenvalue weighted by Crippen LogP contribution is 2.44. The molecule has 1 aliphatic carbocycles. The maximum absolute atomic E-state index is 5.50. The molecule has 2 nitrogen and oxygen atoms in total. The quantitative estimate of drug-likeness (QED) is 0.604. The Balaban J connectivity index is 2.07. The van der Waals surface area contributed by atoms with E-state index in [0.29, 0.717) is 0 Å². The van der Waals surface area contributed by atoms with Gasteiger partial charge in [-0.25, -0.2) is 4.98 Å². The fraction of sp³-hybridized carbons (Fsp3) is 0.154. The van der Waals surface area contributed by atoms with Crippen molar-refractivity contribution in [2.24, 2.45) is 0 Å². The van der Waals surface area contributed by atoms with Crippen molar-refractivity contribution in [3.8, 4) is 0 Å². The largest absolute Gasteiger partial charge is 0.358 e. The maximum Gasteiger partial charge on any atom is 0.131 e. The number of pyridine rings is 1. The molecule has 0 amide bonds. The van der Waals surface area contributed by atoms with Crippen molar-refractivity contribution >= 4 is 17.0 Å². The normalized spacial score (nSPS) is 26.1. The van der Waals surface area contributed by atoms with E-state index in [4.69, 9.17) is 4.74 Å². The first-order valence-electron chi connectivity index (χ1n) is 5.15. The van der Waals surface area contributed by atoms with Crippen molar-refractivity contribution in [1.82, 2.24) is 4.98 Å². The zero-order valence-corrected chi connectivity index (χ0v) is 8.05. The van der Waals surface area contributed by atoms with Gasteiger partial charge in [-0.2, -0.15) is 0 Å². The van der Waals surface area contributed by atoms with Gasteiger partial charge >= 0.3 is 0 Å². The van der Waals surface area contributed by atoms with Gasteiger partial charge in [0, 0.05) is 5.39 Å². The fourth-order valence-electron chi connectivity index (χ4n) is 2.20. The molecule has 2 unspecified atom stereocenters. The number of aromatic nitrogens is 1. The molecular formula is C13H9NO. The van der Waals surface area contributed by atoms with Crippen molar-refractivity contribution in [3.05, 3.63) is 47.7 Å². The smallest absolute Gasteiger partial charge is 0.131 e. The van der Waals surface area contributed by atoms with Gasteiger partial charge in [-0.1, -0.05) is 30.4 Å². The van der Waals surface area contributed by atoms with Crippen LogP contribution in [0.15, 0.2) is 36.4 Å². The molecule has 4 rings (SSSR count). The zero-order valence-electron chi connectivity index (χ0n) is 8.05. The van der Waals surface area contributed by atoms with Crippen LogP contribution in [-0.4, -0.2) is 11.1 Å². The van der Waals surface area contributed by atoms with E-state index in [0.717, 1.165) is 11.2 Å². The number of rotatable bonds is 0. The third kappa shape index (κ3) is 0.997. The Morgan fingerprint density at radius 1 is 1.20 bits per heavy atom. The van der Waals surface area contributed by atoms with Crippen LogP contribution < -0.4 is 0 Å². The molecule has 2 aliphatic rings. The molecule has 0 spiro atoms. The summed E-state index contributed by atoms with van der Waals surface area (Å²) in [7, 11) is 0. The SMILES string of the molecule is C1=CC2OC2c2nc3ccccc3cc21. The van der Waals surface area contributed by atoms with Crippen molar-refractivity contribution in [2.45, 2.75) is 12.2 Å². The number of para-hydroxylation sites is 1. The van der Waals surface area contributed by atoms with E-state index in [1.807, 2.05) is 18.2 Å². The van der Waals surface area contributed by atoms with Gasteiger partial charge in [0.25, 0.3) is 0 Å². The van der Waals surface area contributed by atoms with Crippen LogP contribution in [0, 0.1) is 0 Å². The molecule has 2 heterocycles. The fourth-order valence-corrected chi connectivity index (χ4v) is 2.20. The number of fused-ring (bicyclic) bond motifs is 4. The van der Waals surface area contributed by atoms with Crippen LogP contribution in [-0.2, 0) is 4.74 Å². The van der Waals surface area contributed by atoms with Gasteiger partial charge in [-0.15, -0.1) is 0 Å². The number of epoxide rings is 1. The summed E-state index contributed by atoms with van der Waals surface area (Å²) in [5.41, 5.74) is 3.36. The van der Waals surface area contributed by atoms with Crippen LogP contribution in [0.5, 0.6) is 0 Å². The second-order valence-corrected chi connectivity index (χ2v) is 4.04. The van der Waals surface area contributed by atoms with Gasteiger partial charge in [0.05, 0.1) is 11.2 Å². The van der Waals surface area contributed by atoms with Gasteiger partial charge < -0.3 is 4.74 Å². The maximum atomic E-state index is 5.50. The van der Waals surface area contributed by atoms with Crippen LogP contribution in [0.3, 0.4) is 0 Å². The molecular weight excluding hydrogens is 186 g/mol. The van der Waals surface area contributed by atoms with Crippen LogP contribution >= 0.6 is 0 Å². The number of ether oxygens (including phenoxy) is 1. The average molecular weight is 195 g/mol. The molecule has 0 N–H and O–H groups in total. The minimum absolute atomic E-state index is 0.217. The molecule has 1 aromatic heterocycles. The second-order valence-electron chi connectivity index (χ2n) is 4.04. The van der Waals surface area contributed by atoms with Gasteiger partial charge in [-0.05, 0) is 17.7 Å². The highest BCUT2D eigenvalue weighted by molar-refractivity contribution is 5.82. The van der Waals surface area contributed by atoms with E-state index in [1.54, 1.807) is 0 Å². The molecule has 0 saturated carbocycles. The summed E-state index contributed by atoms with van der Waals surface area (Å²) in [6.07, 6.45) is 4.73. The van der Waals surface area contributed by atoms with E-state index >= 15 is 0 Å². The van der Waals surface area contributed by atoms with Gasteiger partial charge in [0.2, 0.25) is 0 Å². The van der Waals surface area contributed by atoms with Crippen LogP contribution in [0.25, 0.3) is 17.0 Å². The first kappa shape index (κ1) is 7.60. The lowest BCUT2D eigenvalue weighted by Gasteiger charge is -2.07. The summed E-state index contributed by atoms with van der Waals surface area (Å²) in [6, 6.07) is 10.4. The molecule has 2 atom stereocenters. The Morgan fingerprint density at radius 2 is 2.13 bits per heavy atom. The Bertz CT molecular complexity index is 588. The van der Waals surface area contributed by atoms with Crippen LogP contribution in [0.1, 0.15) is 17.4 Å². The minimum atomic E-state index is 0.217. The van der Waals surface area contributed by atoms with E-state index in [1.165, 1.54) is 10.9 Å². The third-order valence-corrected chi connectivity index (χ3v) is 3.04. The standard InChI is InChI=1S/C13H9NO/c1-2-4-10-8(3-1)7-9-5-6-11-13(15-11)12(9)14-10/h1-7,11,13H. The highest BCUT2D eigenvalue weighted by atomic mass is 16.6. The monoisotopic (exact) mass is 195 g/mol.